The predicted molar refractivity (Wildman–Crippen MR) is 249 cm³/mol. The Kier molecular flexibility index (Phi) is 10.7. The van der Waals surface area contributed by atoms with Gasteiger partial charge in [-0.1, -0.05) is 72.3 Å². The Morgan fingerprint density at radius 3 is 0.800 bits per heavy atom. The molecule has 6 aromatic carbocycles. The molecule has 6 heteroatoms. The molecule has 0 aliphatic rings. The van der Waals surface area contributed by atoms with Gasteiger partial charge in [0.1, 0.15) is 0 Å². The Hall–Kier alpha value is -7.83. The van der Waals surface area contributed by atoms with Crippen molar-refractivity contribution in [1.29, 1.82) is 0 Å². The number of hydrogen-bond acceptors (Lipinski definition) is 6. The number of nitrogens with zero attached hydrogens (tertiary/aromatic N) is 6. The molecule has 0 bridgehead atoms. The highest BCUT2D eigenvalue weighted by Gasteiger charge is 2.17. The van der Waals surface area contributed by atoms with Crippen molar-refractivity contribution in [2.75, 3.05) is 14.7 Å². The van der Waals surface area contributed by atoms with Gasteiger partial charge in [-0.15, -0.1) is 0 Å². The molecule has 0 unspecified atom stereocenters. The molecule has 3 aromatic heterocycles. The van der Waals surface area contributed by atoms with Crippen molar-refractivity contribution in [3.05, 3.63) is 230 Å². The second-order valence-corrected chi connectivity index (χ2v) is 14.9. The minimum Gasteiger partial charge on any atom is -0.310 e. The van der Waals surface area contributed by atoms with Crippen molar-refractivity contribution in [2.45, 2.75) is 20.8 Å². The molecular formula is C54H44N6. The molecule has 0 N–H and O–H groups in total. The molecule has 6 nitrogen and oxygen atoms in total. The summed E-state index contributed by atoms with van der Waals surface area (Å²) in [5.74, 6) is 0. The van der Waals surface area contributed by atoms with Gasteiger partial charge < -0.3 is 14.7 Å². The first-order chi connectivity index (χ1) is 29.5. The summed E-state index contributed by atoms with van der Waals surface area (Å²) in [6.45, 7) is 6.42. The number of hydrogen-bond donors (Lipinski definition) is 0. The zero-order valence-electron chi connectivity index (χ0n) is 33.9. The first-order valence-corrected chi connectivity index (χ1v) is 20.1. The van der Waals surface area contributed by atoms with Crippen LogP contribution in [0, 0.1) is 20.8 Å². The largest absolute Gasteiger partial charge is 0.310 e. The van der Waals surface area contributed by atoms with Crippen LogP contribution in [0.2, 0.25) is 0 Å². The lowest BCUT2D eigenvalue weighted by Crippen LogP contribution is -2.10. The monoisotopic (exact) mass is 776 g/mol. The molecule has 9 aromatic rings. The molecule has 3 heterocycles. The topological polar surface area (TPSA) is 48.4 Å². The highest BCUT2D eigenvalue weighted by Crippen LogP contribution is 2.40. The summed E-state index contributed by atoms with van der Waals surface area (Å²) in [7, 11) is 0. The second kappa shape index (κ2) is 16.9. The molecule has 0 spiro atoms. The summed E-state index contributed by atoms with van der Waals surface area (Å²) < 4.78 is 0. The van der Waals surface area contributed by atoms with E-state index in [1.807, 2.05) is 73.6 Å². The van der Waals surface area contributed by atoms with Gasteiger partial charge in [0, 0.05) is 88.4 Å². The van der Waals surface area contributed by atoms with Gasteiger partial charge in [0.05, 0.1) is 0 Å². The van der Waals surface area contributed by atoms with E-state index in [4.69, 9.17) is 0 Å². The van der Waals surface area contributed by atoms with Crippen LogP contribution in [-0.4, -0.2) is 15.0 Å². The van der Waals surface area contributed by atoms with Crippen LogP contribution in [0.3, 0.4) is 0 Å². The summed E-state index contributed by atoms with van der Waals surface area (Å²) in [5, 5.41) is 0. The number of pyridine rings is 3. The van der Waals surface area contributed by atoms with Crippen LogP contribution >= 0.6 is 0 Å². The molecule has 0 aliphatic heterocycles. The summed E-state index contributed by atoms with van der Waals surface area (Å²) >= 11 is 0. The van der Waals surface area contributed by atoms with Crippen molar-refractivity contribution in [2.24, 2.45) is 0 Å². The number of rotatable bonds is 11. The lowest BCUT2D eigenvalue weighted by molar-refractivity contribution is 1.23. The van der Waals surface area contributed by atoms with E-state index >= 15 is 0 Å². The lowest BCUT2D eigenvalue weighted by atomic mass is 10.0. The average Bonchev–Trinajstić information content (AvgIpc) is 3.31. The highest BCUT2D eigenvalue weighted by atomic mass is 15.2. The molecule has 0 saturated carbocycles. The summed E-state index contributed by atoms with van der Waals surface area (Å²) in [4.78, 5) is 19.6. The third kappa shape index (κ3) is 8.00. The van der Waals surface area contributed by atoms with Crippen molar-refractivity contribution < 1.29 is 0 Å². The first kappa shape index (κ1) is 37.7. The number of benzene rings is 6. The fraction of sp³-hybridized carbons (Fsp3) is 0.0556. The molecule has 0 amide bonds. The Labute approximate surface area is 352 Å². The summed E-state index contributed by atoms with van der Waals surface area (Å²) in [5.41, 5.74) is 18.0. The van der Waals surface area contributed by atoms with Crippen LogP contribution in [0.25, 0.3) is 22.3 Å². The molecule has 0 fully saturated rings. The quantitative estimate of drug-likeness (QED) is 0.130. The summed E-state index contributed by atoms with van der Waals surface area (Å²) in [6.07, 6.45) is 11.0. The number of aryl methyl sites for hydroxylation is 3. The van der Waals surface area contributed by atoms with Gasteiger partial charge >= 0.3 is 0 Å². The second-order valence-electron chi connectivity index (χ2n) is 14.9. The molecule has 0 aliphatic carbocycles. The van der Waals surface area contributed by atoms with E-state index in [1.54, 1.807) is 0 Å². The van der Waals surface area contributed by atoms with Crippen LogP contribution in [0.1, 0.15) is 16.7 Å². The van der Waals surface area contributed by atoms with E-state index in [-0.39, 0.29) is 0 Å². The predicted octanol–water partition coefficient (Wildman–Crippen LogP) is 14.5. The van der Waals surface area contributed by atoms with E-state index in [1.165, 1.54) is 16.7 Å². The van der Waals surface area contributed by atoms with Crippen LogP contribution < -0.4 is 14.7 Å². The Balaban J connectivity index is 0.972. The van der Waals surface area contributed by atoms with E-state index in [9.17, 15) is 0 Å². The van der Waals surface area contributed by atoms with Gasteiger partial charge in [-0.3, -0.25) is 15.0 Å². The SMILES string of the molecule is Cc1ccc(N(c2ccncc2)c2ccc(-c3ccc(N(c4ccncc4)c4ccc(-c5ccc(N(c6ccncc6)c6ccc(C)c(C)c6)cc5)cc4)cc3)cc2)cc1. The molecule has 0 radical (unpaired) electrons. The lowest BCUT2D eigenvalue weighted by Gasteiger charge is -2.26. The number of anilines is 9. The molecule has 290 valence electrons. The Morgan fingerprint density at radius 1 is 0.250 bits per heavy atom. The summed E-state index contributed by atoms with van der Waals surface area (Å²) in [6, 6.07) is 62.6. The van der Waals surface area contributed by atoms with Gasteiger partial charge in [0.2, 0.25) is 0 Å². The molecular weight excluding hydrogens is 733 g/mol. The molecule has 0 saturated heterocycles. The maximum absolute atomic E-state index is 4.31. The standard InChI is InChI=1S/C54H44N6/c1-39-4-15-46(16-5-39)58(51-26-32-55-33-27-51)47-18-7-42(8-19-47)43-9-20-48(21-10-43)59(52-28-34-56-35-29-52)49-22-11-44(12-23-49)45-13-24-50(25-14-45)60(53-30-36-57-37-31-53)54-17-6-40(2)41(3)38-54/h4-38H,1-3H3. The normalized spacial score (nSPS) is 10.9. The van der Waals surface area contributed by atoms with Crippen LogP contribution in [0.15, 0.2) is 213 Å². The van der Waals surface area contributed by atoms with Crippen molar-refractivity contribution in [3.8, 4) is 22.3 Å². The van der Waals surface area contributed by atoms with E-state index in [0.29, 0.717) is 0 Å². The third-order valence-electron chi connectivity index (χ3n) is 11.0. The zero-order valence-corrected chi connectivity index (χ0v) is 33.9. The van der Waals surface area contributed by atoms with Gasteiger partial charge in [-0.05, 0) is 163 Å². The fourth-order valence-corrected chi connectivity index (χ4v) is 7.59. The number of aromatic nitrogens is 3. The van der Waals surface area contributed by atoms with E-state index < -0.39 is 0 Å². The first-order valence-electron chi connectivity index (χ1n) is 20.1. The van der Waals surface area contributed by atoms with E-state index in [2.05, 4.69) is 190 Å². The Bertz CT molecular complexity index is 2790. The maximum atomic E-state index is 4.31. The van der Waals surface area contributed by atoms with Crippen molar-refractivity contribution in [3.63, 3.8) is 0 Å². The third-order valence-corrected chi connectivity index (χ3v) is 11.0. The molecule has 60 heavy (non-hydrogen) atoms. The van der Waals surface area contributed by atoms with Gasteiger partial charge in [0.15, 0.2) is 0 Å². The smallest absolute Gasteiger partial charge is 0.0492 e. The zero-order chi connectivity index (χ0) is 40.8. The van der Waals surface area contributed by atoms with Crippen LogP contribution in [-0.2, 0) is 0 Å². The highest BCUT2D eigenvalue weighted by molar-refractivity contribution is 5.83. The minimum absolute atomic E-state index is 1.04. The molecule has 9 rings (SSSR count). The Morgan fingerprint density at radius 2 is 0.500 bits per heavy atom. The minimum atomic E-state index is 1.04. The van der Waals surface area contributed by atoms with Gasteiger partial charge in [-0.2, -0.15) is 0 Å². The van der Waals surface area contributed by atoms with Crippen LogP contribution in [0.5, 0.6) is 0 Å². The van der Waals surface area contributed by atoms with E-state index in [0.717, 1.165) is 73.4 Å². The fourth-order valence-electron chi connectivity index (χ4n) is 7.59. The van der Waals surface area contributed by atoms with Gasteiger partial charge in [-0.25, -0.2) is 0 Å². The molecule has 0 atom stereocenters. The maximum Gasteiger partial charge on any atom is 0.0492 e. The van der Waals surface area contributed by atoms with Crippen molar-refractivity contribution >= 4 is 51.2 Å². The van der Waals surface area contributed by atoms with Crippen molar-refractivity contribution in [1.82, 2.24) is 15.0 Å². The average molecular weight is 777 g/mol. The van der Waals surface area contributed by atoms with Gasteiger partial charge in [0.25, 0.3) is 0 Å². The van der Waals surface area contributed by atoms with Crippen LogP contribution in [0.4, 0.5) is 51.2 Å².